The predicted molar refractivity (Wildman–Crippen MR) is 152 cm³/mol. The summed E-state index contributed by atoms with van der Waals surface area (Å²) >= 11 is 0. The zero-order valence-corrected chi connectivity index (χ0v) is 23.4. The Morgan fingerprint density at radius 1 is 1.23 bits per heavy atom. The molecule has 0 radical (unpaired) electrons. The van der Waals surface area contributed by atoms with Crippen molar-refractivity contribution >= 4 is 17.0 Å². The highest BCUT2D eigenvalue weighted by Crippen LogP contribution is 2.41. The van der Waals surface area contributed by atoms with E-state index in [4.69, 9.17) is 10.5 Å². The van der Waals surface area contributed by atoms with Crippen LogP contribution < -0.4 is 15.8 Å². The van der Waals surface area contributed by atoms with E-state index in [-0.39, 0.29) is 44.0 Å². The molecule has 2 aromatic carbocycles. The lowest BCUT2D eigenvalue weighted by Gasteiger charge is -2.25. The third-order valence-electron chi connectivity index (χ3n) is 6.42. The van der Waals surface area contributed by atoms with Gasteiger partial charge in [-0.3, -0.25) is 4.79 Å². The Morgan fingerprint density at radius 2 is 1.93 bits per heavy atom. The van der Waals surface area contributed by atoms with Crippen molar-refractivity contribution in [3.63, 3.8) is 0 Å². The highest BCUT2D eigenvalue weighted by atomic mass is 19.4. The lowest BCUT2D eigenvalue weighted by Crippen LogP contribution is -2.29. The number of hydrogen-bond donors (Lipinski definition) is 3. The minimum absolute atomic E-state index is 0.00687. The standard InChI is InChI=1S/C27H32F4N2O3.C2H6.C2H2/c1-2-3-4-23(27(29,30)31)22(15-32)17-5-6-18(24(13-17)33-9-10-34)14-25(35)20-11-19-12-21(28)7-8-26(19)36-16-20;2*1-2/h5-8,12-13,15,20,23,33-34H,2-4,9-11,14,16,32H2,1H3;1-2H3;1-2H/b22-15-;;. The highest BCUT2D eigenvalue weighted by Gasteiger charge is 2.41. The molecular formula is C31H40F4N2O3. The Hall–Kier alpha value is -3.51. The first-order valence-corrected chi connectivity index (χ1v) is 13.4. The summed E-state index contributed by atoms with van der Waals surface area (Å²) < 4.78 is 60.8. The molecular weight excluding hydrogens is 524 g/mol. The monoisotopic (exact) mass is 564 g/mol. The second-order valence-electron chi connectivity index (χ2n) is 8.99. The van der Waals surface area contributed by atoms with Crippen molar-refractivity contribution in [3.8, 4) is 18.6 Å². The van der Waals surface area contributed by atoms with Crippen LogP contribution in [0.25, 0.3) is 5.57 Å². The molecule has 0 aromatic heterocycles. The number of benzene rings is 2. The lowest BCUT2D eigenvalue weighted by atomic mass is 9.86. The van der Waals surface area contributed by atoms with Crippen LogP contribution in [0.2, 0.25) is 0 Å². The number of nitrogens with one attached hydrogen (secondary N) is 1. The molecule has 0 saturated carbocycles. The van der Waals surface area contributed by atoms with Gasteiger partial charge in [0.05, 0.1) is 25.0 Å². The Labute approximate surface area is 234 Å². The quantitative estimate of drug-likeness (QED) is 0.213. The summed E-state index contributed by atoms with van der Waals surface area (Å²) in [6, 6.07) is 8.90. The third-order valence-corrected chi connectivity index (χ3v) is 6.42. The van der Waals surface area contributed by atoms with Crippen LogP contribution in [0.4, 0.5) is 23.2 Å². The molecule has 2 atom stereocenters. The molecule has 4 N–H and O–H groups in total. The van der Waals surface area contributed by atoms with Gasteiger partial charge in [0.15, 0.2) is 0 Å². The molecule has 9 heteroatoms. The molecule has 0 bridgehead atoms. The van der Waals surface area contributed by atoms with Crippen molar-refractivity contribution in [1.82, 2.24) is 0 Å². The predicted octanol–water partition coefficient (Wildman–Crippen LogP) is 6.54. The van der Waals surface area contributed by atoms with E-state index in [1.165, 1.54) is 24.3 Å². The average Bonchev–Trinajstić information content (AvgIpc) is 2.95. The Kier molecular flexibility index (Phi) is 14.9. The summed E-state index contributed by atoms with van der Waals surface area (Å²) in [5.41, 5.74) is 7.60. The van der Waals surface area contributed by atoms with Crippen molar-refractivity contribution in [3.05, 3.63) is 65.1 Å². The first-order chi connectivity index (χ1) is 19.2. The molecule has 0 spiro atoms. The fraction of sp³-hybridized carbons (Fsp3) is 0.452. The number of rotatable bonds is 11. The van der Waals surface area contributed by atoms with Crippen LogP contribution in [0.15, 0.2) is 42.6 Å². The zero-order chi connectivity index (χ0) is 30.3. The van der Waals surface area contributed by atoms with Gasteiger partial charge in [0.25, 0.3) is 0 Å². The Bertz CT molecular complexity index is 1130. The molecule has 3 rings (SSSR count). The molecule has 0 amide bonds. The van der Waals surface area contributed by atoms with Crippen LogP contribution in [0.1, 0.15) is 56.7 Å². The number of alkyl halides is 3. The van der Waals surface area contributed by atoms with E-state index in [0.717, 1.165) is 6.20 Å². The number of unbranched alkanes of at least 4 members (excludes halogenated alkanes) is 1. The van der Waals surface area contributed by atoms with E-state index in [1.54, 1.807) is 12.1 Å². The molecule has 0 saturated heterocycles. The number of ketones is 1. The number of halogens is 4. The summed E-state index contributed by atoms with van der Waals surface area (Å²) in [5.74, 6) is -2.17. The van der Waals surface area contributed by atoms with Crippen molar-refractivity contribution in [2.24, 2.45) is 17.6 Å². The van der Waals surface area contributed by atoms with Crippen LogP contribution in [0.5, 0.6) is 5.75 Å². The van der Waals surface area contributed by atoms with Gasteiger partial charge in [-0.05, 0) is 65.6 Å². The first kappa shape index (κ1) is 34.5. The molecule has 40 heavy (non-hydrogen) atoms. The van der Waals surface area contributed by atoms with Gasteiger partial charge < -0.3 is 20.9 Å². The van der Waals surface area contributed by atoms with E-state index in [1.807, 2.05) is 20.8 Å². The van der Waals surface area contributed by atoms with E-state index < -0.39 is 23.8 Å². The summed E-state index contributed by atoms with van der Waals surface area (Å²) in [5, 5.41) is 12.3. The van der Waals surface area contributed by atoms with Crippen molar-refractivity contribution in [1.29, 1.82) is 0 Å². The largest absolute Gasteiger partial charge is 0.493 e. The van der Waals surface area contributed by atoms with Gasteiger partial charge in [-0.25, -0.2) is 4.39 Å². The molecule has 1 aliphatic rings. The topological polar surface area (TPSA) is 84.6 Å². The molecule has 2 unspecified atom stereocenters. The van der Waals surface area contributed by atoms with Gasteiger partial charge in [0, 0.05) is 18.7 Å². The number of anilines is 1. The fourth-order valence-electron chi connectivity index (χ4n) is 4.48. The number of ether oxygens (including phenoxy) is 1. The molecule has 1 heterocycles. The lowest BCUT2D eigenvalue weighted by molar-refractivity contribution is -0.159. The maximum Gasteiger partial charge on any atom is 0.395 e. The maximum absolute atomic E-state index is 13.8. The molecule has 2 aromatic rings. The molecule has 220 valence electrons. The summed E-state index contributed by atoms with van der Waals surface area (Å²) in [7, 11) is 0. The third kappa shape index (κ3) is 9.60. The molecule has 0 aliphatic carbocycles. The van der Waals surface area contributed by atoms with Crippen LogP contribution in [0.3, 0.4) is 0 Å². The average molecular weight is 565 g/mol. The van der Waals surface area contributed by atoms with Crippen molar-refractivity contribution < 1.29 is 32.2 Å². The number of terminal acetylenes is 1. The number of Topliss-reactive ketones (excluding diaryl/α,β-unsaturated/α-hetero) is 1. The van der Waals surface area contributed by atoms with Crippen LogP contribution in [0, 0.1) is 30.5 Å². The zero-order valence-electron chi connectivity index (χ0n) is 23.4. The first-order valence-electron chi connectivity index (χ1n) is 13.4. The van der Waals surface area contributed by atoms with E-state index in [9.17, 15) is 27.5 Å². The number of fused-ring (bicyclic) bond motifs is 1. The Morgan fingerprint density at radius 3 is 2.52 bits per heavy atom. The Balaban J connectivity index is 0.00000191. The molecule has 5 nitrogen and oxygen atoms in total. The second-order valence-corrected chi connectivity index (χ2v) is 8.99. The van der Waals surface area contributed by atoms with Gasteiger partial charge in [0.1, 0.15) is 17.3 Å². The number of carbonyl (C=O) groups excluding carboxylic acids is 1. The van der Waals surface area contributed by atoms with E-state index in [0.29, 0.717) is 47.4 Å². The van der Waals surface area contributed by atoms with Crippen LogP contribution in [-0.4, -0.2) is 36.8 Å². The summed E-state index contributed by atoms with van der Waals surface area (Å²) in [6.07, 6.45) is 5.84. The van der Waals surface area contributed by atoms with Crippen molar-refractivity contribution in [2.45, 2.75) is 59.1 Å². The number of aliphatic hydroxyl groups excluding tert-OH is 1. The van der Waals surface area contributed by atoms with Crippen molar-refractivity contribution in [2.75, 3.05) is 25.1 Å². The normalized spacial score (nSPS) is 15.2. The fourth-order valence-corrected chi connectivity index (χ4v) is 4.48. The SMILES string of the molecule is C#C.CC.CCCCC(/C(=C\N)c1ccc(CC(=O)C2COc3ccc(F)cc3C2)c(NCCO)c1)C(F)(F)F. The number of allylic oxidation sites excluding steroid dienone is 1. The molecule has 1 aliphatic heterocycles. The van der Waals surface area contributed by atoms with Gasteiger partial charge >= 0.3 is 6.18 Å². The number of aliphatic hydroxyl groups is 1. The van der Waals surface area contributed by atoms with Crippen LogP contribution in [-0.2, 0) is 17.6 Å². The number of nitrogens with two attached hydrogens (primary N) is 1. The minimum Gasteiger partial charge on any atom is -0.493 e. The van der Waals surface area contributed by atoms with E-state index in [2.05, 4.69) is 18.2 Å². The maximum atomic E-state index is 13.8. The molecule has 0 fully saturated rings. The van der Waals surface area contributed by atoms with Crippen LogP contribution >= 0.6 is 0 Å². The summed E-state index contributed by atoms with van der Waals surface area (Å²) in [6.45, 7) is 5.95. The number of hydrogen-bond acceptors (Lipinski definition) is 5. The smallest absolute Gasteiger partial charge is 0.395 e. The van der Waals surface area contributed by atoms with Gasteiger partial charge in [-0.2, -0.15) is 13.2 Å². The van der Waals surface area contributed by atoms with E-state index >= 15 is 0 Å². The second kappa shape index (κ2) is 17.2. The number of carbonyl (C=O) groups is 1. The summed E-state index contributed by atoms with van der Waals surface area (Å²) in [4.78, 5) is 13.1. The van der Waals surface area contributed by atoms with Gasteiger partial charge in [-0.1, -0.05) is 45.7 Å². The van der Waals surface area contributed by atoms with Gasteiger partial charge in [0.2, 0.25) is 0 Å². The van der Waals surface area contributed by atoms with Gasteiger partial charge in [-0.15, -0.1) is 12.8 Å². The minimum atomic E-state index is -4.45. The highest BCUT2D eigenvalue weighted by molar-refractivity contribution is 5.86.